The number of nitro groups is 1. The number of piperazine rings is 1. The minimum absolute atomic E-state index is 0. The number of aromatic amines is 1. The molecule has 190 valence electrons. The lowest BCUT2D eigenvalue weighted by Crippen LogP contribution is -2.48. The average molecular weight is 551 g/mol. The highest BCUT2D eigenvalue weighted by atomic mass is 35.5. The number of carbonyl (C=O) groups is 1. The summed E-state index contributed by atoms with van der Waals surface area (Å²) in [6, 6.07) is 13.7. The summed E-state index contributed by atoms with van der Waals surface area (Å²) in [5, 5.41) is 16.4. The Morgan fingerprint density at radius 2 is 1.83 bits per heavy atom. The minimum Gasteiger partial charge on any atom is -0.358 e. The maximum Gasteiger partial charge on any atom is 0.368 e. The van der Waals surface area contributed by atoms with Crippen molar-refractivity contribution in [2.24, 2.45) is 0 Å². The van der Waals surface area contributed by atoms with E-state index in [1.54, 1.807) is 12.1 Å². The highest BCUT2D eigenvalue weighted by Gasteiger charge is 2.26. The maximum atomic E-state index is 13.1. The zero-order chi connectivity index (χ0) is 23.7. The highest BCUT2D eigenvalue weighted by molar-refractivity contribution is 7.99. The standard InChI is InChI=1S/C22H22N8O3S.2ClH/c1-15-20(21(31)28-11-9-27(10-12-28)14-16-5-3-2-4-6-16)25-22(24-15)34-18-8-7-17-23-13-19(30(32)33)29(17)26-18;;/h2-8,13H,9-12,14H2,1H3,(H,24,25);2*1H. The lowest BCUT2D eigenvalue weighted by Gasteiger charge is -2.34. The van der Waals surface area contributed by atoms with Crippen molar-refractivity contribution in [1.29, 1.82) is 0 Å². The van der Waals surface area contributed by atoms with Crippen molar-refractivity contribution in [2.75, 3.05) is 26.2 Å². The molecular formula is C22H24Cl2N8O3S. The number of nitrogens with one attached hydrogen (secondary N) is 1. The first kappa shape index (κ1) is 27.4. The van der Waals surface area contributed by atoms with Crippen LogP contribution in [0.5, 0.6) is 0 Å². The summed E-state index contributed by atoms with van der Waals surface area (Å²) in [7, 11) is 0. The highest BCUT2D eigenvalue weighted by Crippen LogP contribution is 2.26. The van der Waals surface area contributed by atoms with Crippen molar-refractivity contribution < 1.29 is 9.72 Å². The molecule has 0 aliphatic carbocycles. The van der Waals surface area contributed by atoms with Crippen molar-refractivity contribution in [3.05, 3.63) is 75.7 Å². The Bertz CT molecular complexity index is 1360. The van der Waals surface area contributed by atoms with Gasteiger partial charge in [0, 0.05) is 44.5 Å². The van der Waals surface area contributed by atoms with Crippen LogP contribution in [0.15, 0.2) is 58.8 Å². The molecule has 11 nitrogen and oxygen atoms in total. The van der Waals surface area contributed by atoms with Crippen molar-refractivity contribution in [1.82, 2.24) is 34.4 Å². The van der Waals surface area contributed by atoms with Gasteiger partial charge in [-0.1, -0.05) is 39.9 Å². The molecular weight excluding hydrogens is 527 g/mol. The Balaban J connectivity index is 0.00000180. The smallest absolute Gasteiger partial charge is 0.358 e. The number of rotatable bonds is 6. The summed E-state index contributed by atoms with van der Waals surface area (Å²) >= 11 is 1.20. The molecule has 0 saturated carbocycles. The van der Waals surface area contributed by atoms with E-state index < -0.39 is 4.92 Å². The number of aromatic nitrogens is 5. The summed E-state index contributed by atoms with van der Waals surface area (Å²) in [5.41, 5.74) is 2.71. The summed E-state index contributed by atoms with van der Waals surface area (Å²) in [4.78, 5) is 39.5. The fourth-order valence-electron chi connectivity index (χ4n) is 3.91. The van der Waals surface area contributed by atoms with E-state index in [2.05, 4.69) is 37.1 Å². The zero-order valence-corrected chi connectivity index (χ0v) is 21.7. The predicted octanol–water partition coefficient (Wildman–Crippen LogP) is 3.62. The lowest BCUT2D eigenvalue weighted by molar-refractivity contribution is -0.391. The van der Waals surface area contributed by atoms with Gasteiger partial charge in [0.2, 0.25) is 5.65 Å². The molecule has 5 rings (SSSR count). The predicted molar refractivity (Wildman–Crippen MR) is 139 cm³/mol. The fourth-order valence-corrected chi connectivity index (χ4v) is 4.71. The van der Waals surface area contributed by atoms with Gasteiger partial charge in [0.25, 0.3) is 5.91 Å². The number of hydrogen-bond acceptors (Lipinski definition) is 8. The second kappa shape index (κ2) is 11.7. The van der Waals surface area contributed by atoms with Crippen molar-refractivity contribution in [2.45, 2.75) is 23.7 Å². The van der Waals surface area contributed by atoms with Crippen LogP contribution in [0.2, 0.25) is 0 Å². The molecule has 1 N–H and O–H groups in total. The largest absolute Gasteiger partial charge is 0.368 e. The maximum absolute atomic E-state index is 13.1. The summed E-state index contributed by atoms with van der Waals surface area (Å²) in [6.07, 6.45) is 1.17. The molecule has 3 aromatic heterocycles. The third-order valence-corrected chi connectivity index (χ3v) is 6.50. The molecule has 0 unspecified atom stereocenters. The van der Waals surface area contributed by atoms with Crippen molar-refractivity contribution in [3.63, 3.8) is 0 Å². The number of hydrogen-bond donors (Lipinski definition) is 1. The van der Waals surface area contributed by atoms with E-state index in [4.69, 9.17) is 0 Å². The molecule has 36 heavy (non-hydrogen) atoms. The van der Waals surface area contributed by atoms with Crippen LogP contribution in [0.1, 0.15) is 21.7 Å². The van der Waals surface area contributed by atoms with Gasteiger partial charge in [-0.05, 0) is 35.2 Å². The first-order chi connectivity index (χ1) is 16.5. The number of amides is 1. The summed E-state index contributed by atoms with van der Waals surface area (Å²) in [6.45, 7) is 5.58. The third kappa shape index (κ3) is 5.78. The first-order valence-corrected chi connectivity index (χ1v) is 11.6. The number of halogens is 2. The molecule has 0 atom stereocenters. The fraction of sp³-hybridized carbons (Fsp3) is 0.273. The SMILES string of the molecule is Cc1[nH]c(Sc2ccc3ncc([N+](=O)[O-])n3n2)nc1C(=O)N1CCN(Cc2ccccc2)CC1.Cl.Cl. The van der Waals surface area contributed by atoms with E-state index in [-0.39, 0.29) is 36.5 Å². The number of nitrogens with zero attached hydrogens (tertiary/aromatic N) is 7. The minimum atomic E-state index is -0.533. The number of imidazole rings is 2. The molecule has 1 aliphatic heterocycles. The number of carbonyl (C=O) groups excluding carboxylic acids is 1. The van der Waals surface area contributed by atoms with E-state index in [1.165, 1.54) is 28.0 Å². The van der Waals surface area contributed by atoms with Crippen LogP contribution in [-0.2, 0) is 6.54 Å². The molecule has 0 radical (unpaired) electrons. The van der Waals surface area contributed by atoms with Crippen molar-refractivity contribution >= 4 is 53.9 Å². The molecule has 14 heteroatoms. The Morgan fingerprint density at radius 1 is 1.11 bits per heavy atom. The quantitative estimate of drug-likeness (QED) is 0.285. The van der Waals surface area contributed by atoms with Crippen LogP contribution >= 0.6 is 36.6 Å². The van der Waals surface area contributed by atoms with E-state index in [1.807, 2.05) is 30.0 Å². The first-order valence-electron chi connectivity index (χ1n) is 10.8. The van der Waals surface area contributed by atoms with Gasteiger partial charge in [0.1, 0.15) is 16.9 Å². The summed E-state index contributed by atoms with van der Waals surface area (Å²) < 4.78 is 1.18. The Morgan fingerprint density at radius 3 is 2.53 bits per heavy atom. The summed E-state index contributed by atoms with van der Waals surface area (Å²) in [5.74, 6) is -0.316. The number of fused-ring (bicyclic) bond motifs is 1. The van der Waals surface area contributed by atoms with Crippen LogP contribution in [0.3, 0.4) is 0 Å². The van der Waals surface area contributed by atoms with Gasteiger partial charge in [0.05, 0.1) is 0 Å². The molecule has 1 aromatic carbocycles. The monoisotopic (exact) mass is 550 g/mol. The Kier molecular flexibility index (Phi) is 8.90. The number of H-pyrrole nitrogens is 1. The second-order valence-electron chi connectivity index (χ2n) is 7.99. The van der Waals surface area contributed by atoms with E-state index >= 15 is 0 Å². The van der Waals surface area contributed by atoms with Crippen LogP contribution in [0.25, 0.3) is 5.65 Å². The molecule has 0 bridgehead atoms. The van der Waals surface area contributed by atoms with E-state index in [0.29, 0.717) is 40.3 Å². The van der Waals surface area contributed by atoms with E-state index in [0.717, 1.165) is 19.6 Å². The second-order valence-corrected chi connectivity index (χ2v) is 9.00. The van der Waals surface area contributed by atoms with Gasteiger partial charge in [0.15, 0.2) is 5.16 Å². The molecule has 1 saturated heterocycles. The molecule has 1 aliphatic rings. The van der Waals surface area contributed by atoms with Gasteiger partial charge >= 0.3 is 5.82 Å². The van der Waals surface area contributed by atoms with Crippen LogP contribution < -0.4 is 0 Å². The van der Waals surface area contributed by atoms with Crippen molar-refractivity contribution in [3.8, 4) is 0 Å². The molecule has 4 aromatic rings. The third-order valence-electron chi connectivity index (χ3n) is 5.68. The Hall–Kier alpha value is -3.19. The zero-order valence-electron chi connectivity index (χ0n) is 19.2. The van der Waals surface area contributed by atoms with Crippen LogP contribution in [0.4, 0.5) is 5.82 Å². The van der Waals surface area contributed by atoms with Gasteiger partial charge in [-0.2, -0.15) is 0 Å². The van der Waals surface area contributed by atoms with Gasteiger partial charge < -0.3 is 20.0 Å². The Labute approximate surface area is 223 Å². The van der Waals surface area contributed by atoms with Gasteiger partial charge in [-0.3, -0.25) is 9.69 Å². The number of aryl methyl sites for hydroxylation is 1. The average Bonchev–Trinajstić information content (AvgIpc) is 3.43. The molecule has 1 fully saturated rings. The van der Waals surface area contributed by atoms with Gasteiger partial charge in [-0.15, -0.1) is 24.8 Å². The normalized spacial score (nSPS) is 13.8. The lowest BCUT2D eigenvalue weighted by atomic mass is 10.2. The van der Waals surface area contributed by atoms with E-state index in [9.17, 15) is 14.9 Å². The molecule has 0 spiro atoms. The van der Waals surface area contributed by atoms with Crippen LogP contribution in [0, 0.1) is 17.0 Å². The van der Waals surface area contributed by atoms with Crippen LogP contribution in [-0.4, -0.2) is 71.4 Å². The topological polar surface area (TPSA) is 126 Å². The molecule has 4 heterocycles. The van der Waals surface area contributed by atoms with Gasteiger partial charge in [-0.25, -0.2) is 9.97 Å². The number of benzene rings is 1. The molecule has 1 amide bonds.